The maximum Gasteiger partial charge on any atom is 0.309 e. The van der Waals surface area contributed by atoms with E-state index in [1.807, 2.05) is 0 Å². The largest absolute Gasteiger partial charge is 0.481 e. The highest BCUT2D eigenvalue weighted by Gasteiger charge is 2.49. The van der Waals surface area contributed by atoms with Gasteiger partial charge in [-0.15, -0.1) is 0 Å². The molecule has 0 heterocycles. The van der Waals surface area contributed by atoms with Gasteiger partial charge in [0.2, 0.25) is 0 Å². The molecule has 2 aliphatic carbocycles. The first-order valence-corrected chi connectivity index (χ1v) is 10.9. The average Bonchev–Trinajstić information content (AvgIpc) is 3.56. The van der Waals surface area contributed by atoms with Gasteiger partial charge in [0.25, 0.3) is 0 Å². The number of carbonyl (C=O) groups is 2. The Hall–Kier alpha value is -1.84. The summed E-state index contributed by atoms with van der Waals surface area (Å²) >= 11 is 0. The normalized spacial score (nSPS) is 18.6. The molecule has 0 radical (unpaired) electrons. The van der Waals surface area contributed by atoms with Crippen LogP contribution in [0.3, 0.4) is 0 Å². The Balaban J connectivity index is 1.37. The zero-order valence-corrected chi connectivity index (χ0v) is 17.1. The van der Waals surface area contributed by atoms with Gasteiger partial charge in [0, 0.05) is 0 Å². The molecule has 28 heavy (non-hydrogen) atoms. The predicted octanol–water partition coefficient (Wildman–Crippen LogP) is 5.54. The van der Waals surface area contributed by atoms with Crippen LogP contribution in [0.2, 0.25) is 0 Å². The zero-order chi connectivity index (χ0) is 20.2. The second-order valence-electron chi connectivity index (χ2n) is 9.20. The van der Waals surface area contributed by atoms with Crippen molar-refractivity contribution in [3.05, 3.63) is 34.9 Å². The summed E-state index contributed by atoms with van der Waals surface area (Å²) in [6.07, 6.45) is 12.4. The fraction of sp³-hybridized carbons (Fsp3) is 0.667. The quantitative estimate of drug-likeness (QED) is 0.436. The predicted molar refractivity (Wildman–Crippen MR) is 110 cm³/mol. The van der Waals surface area contributed by atoms with Gasteiger partial charge in [0.15, 0.2) is 0 Å². The van der Waals surface area contributed by atoms with Gasteiger partial charge in [-0.1, -0.05) is 37.5 Å². The lowest BCUT2D eigenvalue weighted by Crippen LogP contribution is -2.14. The van der Waals surface area contributed by atoms with Crippen LogP contribution in [-0.4, -0.2) is 22.2 Å². The molecule has 2 aliphatic rings. The van der Waals surface area contributed by atoms with Crippen molar-refractivity contribution in [3.63, 3.8) is 0 Å². The molecule has 0 unspecified atom stereocenters. The number of rotatable bonds is 13. The third-order valence-electron chi connectivity index (χ3n) is 7.00. The van der Waals surface area contributed by atoms with Crippen LogP contribution < -0.4 is 0 Å². The molecular formula is C24H34O4. The number of unbranched alkanes of at least 4 members (excludes halogenated alkanes) is 3. The van der Waals surface area contributed by atoms with Crippen molar-refractivity contribution in [1.29, 1.82) is 0 Å². The van der Waals surface area contributed by atoms with Crippen LogP contribution in [0.15, 0.2) is 18.2 Å². The minimum Gasteiger partial charge on any atom is -0.481 e. The maximum atomic E-state index is 11.3. The second-order valence-corrected chi connectivity index (χ2v) is 9.20. The van der Waals surface area contributed by atoms with E-state index in [2.05, 4.69) is 25.1 Å². The van der Waals surface area contributed by atoms with E-state index in [-0.39, 0.29) is 5.41 Å². The molecule has 0 amide bonds. The number of hydrogen-bond donors (Lipinski definition) is 2. The van der Waals surface area contributed by atoms with Crippen LogP contribution in [0.5, 0.6) is 0 Å². The number of benzene rings is 1. The topological polar surface area (TPSA) is 74.6 Å². The summed E-state index contributed by atoms with van der Waals surface area (Å²) in [5.41, 5.74) is 3.30. The molecule has 2 fully saturated rings. The van der Waals surface area contributed by atoms with Gasteiger partial charge in [-0.05, 0) is 87.8 Å². The van der Waals surface area contributed by atoms with Gasteiger partial charge >= 0.3 is 11.9 Å². The molecular weight excluding hydrogens is 352 g/mol. The van der Waals surface area contributed by atoms with Crippen molar-refractivity contribution >= 4 is 11.9 Å². The average molecular weight is 387 g/mol. The summed E-state index contributed by atoms with van der Waals surface area (Å²) in [5.74, 6) is -1.21. The van der Waals surface area contributed by atoms with Crippen LogP contribution in [-0.2, 0) is 22.4 Å². The lowest BCUT2D eigenvalue weighted by Gasteiger charge is -2.12. The molecule has 1 aromatic carbocycles. The van der Waals surface area contributed by atoms with E-state index >= 15 is 0 Å². The van der Waals surface area contributed by atoms with E-state index < -0.39 is 17.4 Å². The second kappa shape index (κ2) is 8.67. The van der Waals surface area contributed by atoms with E-state index in [0.29, 0.717) is 0 Å². The van der Waals surface area contributed by atoms with Gasteiger partial charge < -0.3 is 10.2 Å². The fourth-order valence-corrected chi connectivity index (χ4v) is 4.34. The fourth-order valence-electron chi connectivity index (χ4n) is 4.34. The Morgan fingerprint density at radius 2 is 1.36 bits per heavy atom. The first-order chi connectivity index (χ1) is 13.4. The minimum atomic E-state index is -0.610. The van der Waals surface area contributed by atoms with Crippen LogP contribution in [0.4, 0.5) is 0 Å². The Labute approximate surface area is 168 Å². The van der Waals surface area contributed by atoms with Gasteiger partial charge in [-0.25, -0.2) is 0 Å². The van der Waals surface area contributed by atoms with E-state index in [0.717, 1.165) is 83.5 Å². The summed E-state index contributed by atoms with van der Waals surface area (Å²) in [5, 5.41) is 18.5. The molecule has 0 bridgehead atoms. The highest BCUT2D eigenvalue weighted by Crippen LogP contribution is 2.50. The Morgan fingerprint density at radius 3 is 1.89 bits per heavy atom. The summed E-state index contributed by atoms with van der Waals surface area (Å²) < 4.78 is 0. The molecule has 0 spiro atoms. The van der Waals surface area contributed by atoms with E-state index in [9.17, 15) is 19.8 Å². The molecule has 0 aromatic heterocycles. The molecule has 154 valence electrons. The van der Waals surface area contributed by atoms with E-state index in [1.165, 1.54) is 16.7 Å². The Kier molecular flexibility index (Phi) is 6.47. The van der Waals surface area contributed by atoms with E-state index in [1.54, 1.807) is 0 Å². The van der Waals surface area contributed by atoms with Crippen LogP contribution >= 0.6 is 0 Å². The number of carboxylic acids is 2. The zero-order valence-electron chi connectivity index (χ0n) is 17.1. The maximum absolute atomic E-state index is 11.3. The molecule has 2 N–H and O–H groups in total. The first kappa shape index (κ1) is 20.9. The highest BCUT2D eigenvalue weighted by molar-refractivity contribution is 5.78. The van der Waals surface area contributed by atoms with Crippen molar-refractivity contribution in [2.45, 2.75) is 90.4 Å². The number of hydrogen-bond acceptors (Lipinski definition) is 2. The van der Waals surface area contributed by atoms with Crippen LogP contribution in [0.1, 0.15) is 87.3 Å². The summed E-state index contributed by atoms with van der Waals surface area (Å²) in [6, 6.07) is 6.73. The molecule has 2 saturated carbocycles. The molecule has 4 heteroatoms. The molecule has 0 atom stereocenters. The molecule has 0 aliphatic heterocycles. The lowest BCUT2D eigenvalue weighted by atomic mass is 9.94. The van der Waals surface area contributed by atoms with Crippen LogP contribution in [0.25, 0.3) is 0 Å². The van der Waals surface area contributed by atoms with Gasteiger partial charge in [0.1, 0.15) is 0 Å². The number of aryl methyl sites for hydroxylation is 3. The third kappa shape index (κ3) is 5.15. The van der Waals surface area contributed by atoms with Gasteiger partial charge in [-0.3, -0.25) is 9.59 Å². The number of carboxylic acid groups (broad SMARTS) is 2. The van der Waals surface area contributed by atoms with Crippen molar-refractivity contribution in [3.8, 4) is 0 Å². The minimum absolute atomic E-state index is 0.378. The standard InChI is InChI=1S/C24H34O4/c1-18-9-10-19(7-3-2-5-11-23(13-14-23)21(25)26)17-20(18)8-4-6-12-24(15-16-24)22(27)28/h9-10,17H,2-8,11-16H2,1H3,(H,25,26)(H,27,28). The van der Waals surface area contributed by atoms with Crippen molar-refractivity contribution in [2.24, 2.45) is 10.8 Å². The third-order valence-corrected chi connectivity index (χ3v) is 7.00. The van der Waals surface area contributed by atoms with Crippen LogP contribution in [0, 0.1) is 17.8 Å². The molecule has 4 nitrogen and oxygen atoms in total. The first-order valence-electron chi connectivity index (χ1n) is 10.9. The van der Waals surface area contributed by atoms with Crippen molar-refractivity contribution in [1.82, 2.24) is 0 Å². The lowest BCUT2D eigenvalue weighted by molar-refractivity contribution is -0.144. The summed E-state index contributed by atoms with van der Waals surface area (Å²) in [7, 11) is 0. The summed E-state index contributed by atoms with van der Waals surface area (Å²) in [6.45, 7) is 2.15. The van der Waals surface area contributed by atoms with E-state index in [4.69, 9.17) is 0 Å². The summed E-state index contributed by atoms with van der Waals surface area (Å²) in [4.78, 5) is 22.5. The van der Waals surface area contributed by atoms with Crippen molar-refractivity contribution in [2.75, 3.05) is 0 Å². The Morgan fingerprint density at radius 1 is 0.821 bits per heavy atom. The molecule has 3 rings (SSSR count). The molecule has 0 saturated heterocycles. The van der Waals surface area contributed by atoms with Crippen molar-refractivity contribution < 1.29 is 19.8 Å². The SMILES string of the molecule is Cc1ccc(CCCCCC2(C(=O)O)CC2)cc1CCCCC1(C(=O)O)CC1. The van der Waals surface area contributed by atoms with Gasteiger partial charge in [-0.2, -0.15) is 0 Å². The monoisotopic (exact) mass is 386 g/mol. The van der Waals surface area contributed by atoms with Gasteiger partial charge in [0.05, 0.1) is 10.8 Å². The highest BCUT2D eigenvalue weighted by atomic mass is 16.4. The smallest absolute Gasteiger partial charge is 0.309 e. The molecule has 1 aromatic rings. The Bertz CT molecular complexity index is 713. The number of aliphatic carboxylic acids is 2.